The average Bonchev–Trinajstić information content (AvgIpc) is 2.96. The molecule has 1 N–H and O–H groups in total. The number of carbonyl (C=O) groups is 1. The van der Waals surface area contributed by atoms with Crippen molar-refractivity contribution in [3.05, 3.63) is 63.1 Å². The van der Waals surface area contributed by atoms with Crippen LogP contribution < -0.4 is 4.74 Å². The molecule has 2 aromatic carbocycles. The Morgan fingerprint density at radius 1 is 0.925 bits per heavy atom. The van der Waals surface area contributed by atoms with E-state index in [-0.39, 0.29) is 5.91 Å². The minimum atomic E-state index is -0.673. The molecule has 8 nitrogen and oxygen atoms in total. The Hall–Kier alpha value is -1.72. The number of piperazine rings is 1. The molecule has 1 amide bonds. The summed E-state index contributed by atoms with van der Waals surface area (Å²) in [5.74, 6) is 1.08. The van der Waals surface area contributed by atoms with Crippen LogP contribution in [0.15, 0.2) is 46.9 Å². The summed E-state index contributed by atoms with van der Waals surface area (Å²) in [5.41, 5.74) is 1.54. The van der Waals surface area contributed by atoms with E-state index in [0.717, 1.165) is 85.0 Å². The lowest BCUT2D eigenvalue weighted by molar-refractivity contribution is -0.137. The maximum absolute atomic E-state index is 12.6. The molecule has 40 heavy (non-hydrogen) atoms. The highest BCUT2D eigenvalue weighted by atomic mass is 79.9. The van der Waals surface area contributed by atoms with Crippen molar-refractivity contribution in [2.75, 3.05) is 78.7 Å². The number of nitrogens with zero attached hydrogens (tertiary/aromatic N) is 4. The molecule has 0 spiro atoms. The molecule has 5 rings (SSSR count). The van der Waals surface area contributed by atoms with Gasteiger partial charge in [0.1, 0.15) is 12.4 Å². The molecule has 3 aliphatic rings. The number of aliphatic hydroxyl groups is 1. The van der Waals surface area contributed by atoms with Crippen molar-refractivity contribution in [2.45, 2.75) is 31.6 Å². The van der Waals surface area contributed by atoms with Crippen molar-refractivity contribution in [2.24, 2.45) is 0 Å². The van der Waals surface area contributed by atoms with E-state index in [0.29, 0.717) is 46.0 Å². The first-order chi connectivity index (χ1) is 19.3. The van der Waals surface area contributed by atoms with Crippen molar-refractivity contribution in [1.82, 2.24) is 19.6 Å². The van der Waals surface area contributed by atoms with E-state index in [1.807, 2.05) is 41.3 Å². The van der Waals surface area contributed by atoms with Crippen LogP contribution in [-0.2, 0) is 22.7 Å². The Kier molecular flexibility index (Phi) is 10.4. The van der Waals surface area contributed by atoms with Crippen LogP contribution in [-0.4, -0.2) is 115 Å². The first-order valence-electron chi connectivity index (χ1n) is 14.3. The van der Waals surface area contributed by atoms with Gasteiger partial charge in [-0.05, 0) is 48.7 Å². The van der Waals surface area contributed by atoms with Crippen LogP contribution in [0, 0.1) is 0 Å². The van der Waals surface area contributed by atoms with Gasteiger partial charge in [-0.1, -0.05) is 39.7 Å². The summed E-state index contributed by atoms with van der Waals surface area (Å²) in [4.78, 5) is 21.5. The molecular formula is C30H40BrClN4O4. The van der Waals surface area contributed by atoms with Crippen LogP contribution in [0.2, 0.25) is 5.02 Å². The molecule has 3 saturated heterocycles. The fourth-order valence-corrected chi connectivity index (χ4v) is 6.24. The third-order valence-electron chi connectivity index (χ3n) is 8.22. The van der Waals surface area contributed by atoms with Gasteiger partial charge in [-0.3, -0.25) is 19.5 Å². The number of hydrogen-bond donors (Lipinski definition) is 1. The maximum Gasteiger partial charge on any atom is 0.236 e. The van der Waals surface area contributed by atoms with E-state index < -0.39 is 5.60 Å². The van der Waals surface area contributed by atoms with Gasteiger partial charge < -0.3 is 19.5 Å². The van der Waals surface area contributed by atoms with Crippen LogP contribution in [0.5, 0.6) is 5.75 Å². The normalized spacial score (nSPS) is 20.9. The molecule has 0 saturated carbocycles. The van der Waals surface area contributed by atoms with Gasteiger partial charge in [-0.15, -0.1) is 0 Å². The number of rotatable bonds is 9. The Labute approximate surface area is 250 Å². The van der Waals surface area contributed by atoms with Crippen molar-refractivity contribution in [3.8, 4) is 5.75 Å². The number of piperidine rings is 1. The fraction of sp³-hybridized carbons (Fsp3) is 0.567. The van der Waals surface area contributed by atoms with E-state index in [1.54, 1.807) is 0 Å². The van der Waals surface area contributed by atoms with Crippen molar-refractivity contribution in [3.63, 3.8) is 0 Å². The minimum absolute atomic E-state index is 0.201. The summed E-state index contributed by atoms with van der Waals surface area (Å²) < 4.78 is 12.6. The van der Waals surface area contributed by atoms with Gasteiger partial charge in [0.25, 0.3) is 0 Å². The molecule has 3 aliphatic heterocycles. The van der Waals surface area contributed by atoms with Gasteiger partial charge in [0.15, 0.2) is 0 Å². The van der Waals surface area contributed by atoms with Gasteiger partial charge >= 0.3 is 0 Å². The number of hydrogen-bond acceptors (Lipinski definition) is 7. The largest absolute Gasteiger partial charge is 0.489 e. The number of benzene rings is 2. The molecule has 0 radical (unpaired) electrons. The topological polar surface area (TPSA) is 68.7 Å². The number of β-amino-alcohol motifs (C(OH)–C–C–N with tert-alkyl or cyclic N) is 1. The zero-order valence-corrected chi connectivity index (χ0v) is 25.4. The highest BCUT2D eigenvalue weighted by molar-refractivity contribution is 9.10. The Morgan fingerprint density at radius 3 is 2.30 bits per heavy atom. The first-order valence-corrected chi connectivity index (χ1v) is 15.4. The zero-order valence-electron chi connectivity index (χ0n) is 23.1. The monoisotopic (exact) mass is 634 g/mol. The van der Waals surface area contributed by atoms with Gasteiger partial charge in [-0.2, -0.15) is 0 Å². The smallest absolute Gasteiger partial charge is 0.236 e. The predicted octanol–water partition coefficient (Wildman–Crippen LogP) is 3.48. The number of carbonyl (C=O) groups excluding carboxylic acids is 1. The minimum Gasteiger partial charge on any atom is -0.489 e. The van der Waals surface area contributed by atoms with Gasteiger partial charge in [0.2, 0.25) is 5.91 Å². The number of ether oxygens (including phenoxy) is 2. The van der Waals surface area contributed by atoms with Gasteiger partial charge in [-0.25, -0.2) is 0 Å². The van der Waals surface area contributed by atoms with Gasteiger partial charge in [0, 0.05) is 80.5 Å². The highest BCUT2D eigenvalue weighted by Gasteiger charge is 2.35. The van der Waals surface area contributed by atoms with E-state index in [9.17, 15) is 9.90 Å². The second-order valence-corrected chi connectivity index (χ2v) is 12.6. The number of halogens is 2. The molecule has 218 valence electrons. The molecule has 0 aliphatic carbocycles. The lowest BCUT2D eigenvalue weighted by Crippen LogP contribution is -2.56. The number of likely N-dealkylation sites (tertiary alicyclic amines) is 1. The molecule has 2 aromatic rings. The summed E-state index contributed by atoms with van der Waals surface area (Å²) in [7, 11) is 0. The van der Waals surface area contributed by atoms with Crippen molar-refractivity contribution < 1.29 is 19.4 Å². The van der Waals surface area contributed by atoms with E-state index >= 15 is 0 Å². The summed E-state index contributed by atoms with van der Waals surface area (Å²) in [6.07, 6.45) is 1.50. The van der Waals surface area contributed by atoms with Crippen molar-refractivity contribution in [1.29, 1.82) is 0 Å². The lowest BCUT2D eigenvalue weighted by Gasteiger charge is -2.43. The molecular weight excluding hydrogens is 596 g/mol. The standard InChI is InChI=1S/C30H40BrClN4O4/c31-26-3-6-28(40-22-24-1-4-27(32)5-2-24)25(19-26)20-33-9-7-30(38,8-10-33)23-35-13-11-34(12-14-35)21-29(37)36-15-17-39-18-16-36/h1-6,19,38H,7-18,20-23H2. The van der Waals surface area contributed by atoms with Crippen LogP contribution >= 0.6 is 27.5 Å². The third-order valence-corrected chi connectivity index (χ3v) is 8.96. The molecule has 10 heteroatoms. The summed E-state index contributed by atoms with van der Waals surface area (Å²) in [6, 6.07) is 13.9. The Balaban J connectivity index is 1.06. The van der Waals surface area contributed by atoms with Gasteiger partial charge in [0.05, 0.1) is 25.4 Å². The molecule has 3 fully saturated rings. The second-order valence-electron chi connectivity index (χ2n) is 11.2. The van der Waals surface area contributed by atoms with Crippen LogP contribution in [0.1, 0.15) is 24.0 Å². The molecule has 0 atom stereocenters. The second kappa shape index (κ2) is 14.0. The summed E-state index contributed by atoms with van der Waals surface area (Å²) in [6.45, 7) is 10.3. The first kappa shape index (κ1) is 29.8. The Morgan fingerprint density at radius 2 is 1.60 bits per heavy atom. The SMILES string of the molecule is O=C(CN1CCN(CC2(O)CCN(Cc3cc(Br)ccc3OCc3ccc(Cl)cc3)CC2)CC1)N1CCOCC1. The highest BCUT2D eigenvalue weighted by Crippen LogP contribution is 2.29. The van der Waals surface area contributed by atoms with Crippen LogP contribution in [0.25, 0.3) is 0 Å². The van der Waals surface area contributed by atoms with Crippen molar-refractivity contribution >= 4 is 33.4 Å². The number of morpholine rings is 1. The fourth-order valence-electron chi connectivity index (χ4n) is 5.71. The molecule has 0 unspecified atom stereocenters. The molecule has 0 bridgehead atoms. The van der Waals surface area contributed by atoms with Crippen LogP contribution in [0.3, 0.4) is 0 Å². The van der Waals surface area contributed by atoms with E-state index in [2.05, 4.69) is 36.7 Å². The predicted molar refractivity (Wildman–Crippen MR) is 160 cm³/mol. The molecule has 0 aromatic heterocycles. The zero-order chi connectivity index (χ0) is 28.0. The summed E-state index contributed by atoms with van der Waals surface area (Å²) in [5, 5.41) is 12.1. The lowest BCUT2D eigenvalue weighted by atomic mass is 9.90. The average molecular weight is 636 g/mol. The molecule has 3 heterocycles. The van der Waals surface area contributed by atoms with E-state index in [1.165, 1.54) is 0 Å². The van der Waals surface area contributed by atoms with E-state index in [4.69, 9.17) is 21.1 Å². The Bertz CT molecular complexity index is 1120. The number of amides is 1. The quantitative estimate of drug-likeness (QED) is 0.453. The third kappa shape index (κ3) is 8.41. The van der Waals surface area contributed by atoms with Crippen LogP contribution in [0.4, 0.5) is 0 Å². The summed E-state index contributed by atoms with van der Waals surface area (Å²) >= 11 is 9.62. The maximum atomic E-state index is 12.6.